The Bertz CT molecular complexity index is 71.2. The monoisotopic (exact) mass is 147 g/mol. The van der Waals surface area contributed by atoms with Gasteiger partial charge in [0.05, 0.1) is 11.4 Å². The van der Waals surface area contributed by atoms with Crippen LogP contribution in [0.2, 0.25) is 0 Å². The van der Waals surface area contributed by atoms with E-state index in [1.165, 1.54) is 0 Å². The zero-order chi connectivity index (χ0) is 4.41. The number of nitrogens with one attached hydrogen (secondary N) is 1. The normalized spacial score (nSPS) is 30.5. The molecule has 0 aromatic heterocycles. The fourth-order valence-corrected chi connectivity index (χ4v) is 0.534. The number of hydrogen-bond donors (Lipinski definition) is 1. The Balaban J connectivity index is 2.38. The van der Waals surface area contributed by atoms with E-state index in [0.717, 1.165) is 6.54 Å². The average molecular weight is 148 g/mol. The summed E-state index contributed by atoms with van der Waals surface area (Å²) in [4.78, 5) is 0.331. The summed E-state index contributed by atoms with van der Waals surface area (Å²) in [7, 11) is 0. The third-order valence-electron chi connectivity index (χ3n) is 0.554. The first-order chi connectivity index (χ1) is 2.89. The van der Waals surface area contributed by atoms with Crippen LogP contribution < -0.4 is 5.43 Å². The van der Waals surface area contributed by atoms with Crippen molar-refractivity contribution in [1.29, 1.82) is 0 Å². The lowest BCUT2D eigenvalue weighted by molar-refractivity contribution is 0.822. The third kappa shape index (κ3) is 0.712. The first-order valence-corrected chi connectivity index (χ1v) is 2.63. The van der Waals surface area contributed by atoms with Gasteiger partial charge in [-0.1, -0.05) is 15.9 Å². The molecule has 0 aliphatic carbocycles. The van der Waals surface area contributed by atoms with Crippen LogP contribution in [0.1, 0.15) is 0 Å². The second kappa shape index (κ2) is 1.60. The molecule has 0 fully saturated rings. The van der Waals surface area contributed by atoms with Gasteiger partial charge in [-0.2, -0.15) is 5.10 Å². The Morgan fingerprint density at radius 3 is 3.00 bits per heavy atom. The first-order valence-electron chi connectivity index (χ1n) is 1.72. The molecule has 1 aliphatic rings. The van der Waals surface area contributed by atoms with Crippen LogP contribution in [0.25, 0.3) is 0 Å². The maximum absolute atomic E-state index is 3.62. The van der Waals surface area contributed by atoms with Crippen molar-refractivity contribution in [3.63, 3.8) is 0 Å². The van der Waals surface area contributed by atoms with Crippen molar-refractivity contribution < 1.29 is 0 Å². The smallest absolute Gasteiger partial charge is 0.100 e. The highest BCUT2D eigenvalue weighted by atomic mass is 79.9. The van der Waals surface area contributed by atoms with Crippen LogP contribution in [-0.4, -0.2) is 17.6 Å². The van der Waals surface area contributed by atoms with Gasteiger partial charge in [-0.15, -0.1) is 0 Å². The lowest BCUT2D eigenvalue weighted by atomic mass is 10.5. The van der Waals surface area contributed by atoms with E-state index in [1.54, 1.807) is 0 Å². The van der Waals surface area contributed by atoms with Gasteiger partial charge in [0.15, 0.2) is 0 Å². The van der Waals surface area contributed by atoms with Crippen LogP contribution >= 0.6 is 15.9 Å². The molecule has 0 aromatic carbocycles. The summed E-state index contributed by atoms with van der Waals surface area (Å²) in [5, 5.41) is 3.62. The Hall–Kier alpha value is -0.0500. The van der Waals surface area contributed by atoms with Crippen LogP contribution in [0.3, 0.4) is 0 Å². The number of nitrogens with zero attached hydrogens (tertiary/aromatic N) is 1. The maximum Gasteiger partial charge on any atom is 0.100 e. The zero-order valence-electron chi connectivity index (χ0n) is 3.11. The summed E-state index contributed by atoms with van der Waals surface area (Å²) >= 11 is 3.27. The van der Waals surface area contributed by atoms with Crippen molar-refractivity contribution in [1.82, 2.24) is 5.43 Å². The van der Waals surface area contributed by atoms with Gasteiger partial charge in [-0.3, -0.25) is 0 Å². The predicted molar refractivity (Wildman–Crippen MR) is 28.2 cm³/mol. The van der Waals surface area contributed by atoms with Crippen LogP contribution in [0.4, 0.5) is 0 Å². The Morgan fingerprint density at radius 2 is 2.83 bits per heavy atom. The Labute approximate surface area is 44.7 Å². The molecule has 0 amide bonds. The molecule has 0 aromatic rings. The molecule has 1 heterocycles. The SMILES string of the molecule is BrC1[C]=NNC1. The fraction of sp³-hybridized carbons (Fsp3) is 0.667. The molecule has 1 atom stereocenters. The van der Waals surface area contributed by atoms with Crippen molar-refractivity contribution in [2.45, 2.75) is 4.83 Å². The standard InChI is InChI=1S/C3H4BrN2/c4-3-1-5-6-2-3/h3,5H,1H2. The van der Waals surface area contributed by atoms with E-state index >= 15 is 0 Å². The van der Waals surface area contributed by atoms with E-state index in [0.29, 0.717) is 4.83 Å². The number of hydrazone groups is 1. The molecule has 1 aliphatic heterocycles. The highest BCUT2D eigenvalue weighted by Crippen LogP contribution is 1.96. The molecule has 0 saturated heterocycles. The van der Waals surface area contributed by atoms with Crippen molar-refractivity contribution >= 4 is 22.1 Å². The van der Waals surface area contributed by atoms with E-state index in [2.05, 4.69) is 32.7 Å². The van der Waals surface area contributed by atoms with Gasteiger partial charge in [-0.25, -0.2) is 0 Å². The molecule has 6 heavy (non-hydrogen) atoms. The number of alkyl halides is 1. The minimum atomic E-state index is 0.331. The van der Waals surface area contributed by atoms with Crippen LogP contribution in [0.5, 0.6) is 0 Å². The lowest BCUT2D eigenvalue weighted by Gasteiger charge is -1.85. The summed E-state index contributed by atoms with van der Waals surface area (Å²) in [6, 6.07) is 0. The molecule has 0 bridgehead atoms. The molecule has 1 radical (unpaired) electrons. The van der Waals surface area contributed by atoms with Gasteiger partial charge in [0.2, 0.25) is 0 Å². The zero-order valence-corrected chi connectivity index (χ0v) is 4.70. The van der Waals surface area contributed by atoms with E-state index in [-0.39, 0.29) is 0 Å². The fourth-order valence-electron chi connectivity index (χ4n) is 0.287. The van der Waals surface area contributed by atoms with Gasteiger partial charge in [0.1, 0.15) is 6.21 Å². The summed E-state index contributed by atoms with van der Waals surface area (Å²) in [6.07, 6.45) is 2.75. The second-order valence-corrected chi connectivity index (χ2v) is 2.18. The van der Waals surface area contributed by atoms with E-state index in [1.807, 2.05) is 0 Å². The minimum Gasteiger partial charge on any atom is -0.308 e. The highest BCUT2D eigenvalue weighted by Gasteiger charge is 2.03. The van der Waals surface area contributed by atoms with Crippen LogP contribution in [-0.2, 0) is 0 Å². The number of rotatable bonds is 0. The second-order valence-electron chi connectivity index (χ2n) is 1.07. The van der Waals surface area contributed by atoms with Crippen molar-refractivity contribution in [3.05, 3.63) is 0 Å². The molecular formula is C3H4BrN2. The van der Waals surface area contributed by atoms with Crippen LogP contribution in [0, 0.1) is 0 Å². The first kappa shape index (κ1) is 4.12. The molecule has 1 unspecified atom stereocenters. The summed E-state index contributed by atoms with van der Waals surface area (Å²) in [6.45, 7) is 0.875. The largest absolute Gasteiger partial charge is 0.308 e. The van der Waals surface area contributed by atoms with Crippen molar-refractivity contribution in [2.24, 2.45) is 5.10 Å². The Morgan fingerprint density at radius 1 is 2.00 bits per heavy atom. The molecule has 33 valence electrons. The summed E-state index contributed by atoms with van der Waals surface area (Å²) in [5.74, 6) is 0. The number of halogens is 1. The average Bonchev–Trinajstić information content (AvgIpc) is 1.86. The molecular weight excluding hydrogens is 144 g/mol. The Kier molecular flexibility index (Phi) is 1.10. The third-order valence-corrected chi connectivity index (χ3v) is 1.08. The summed E-state index contributed by atoms with van der Waals surface area (Å²) in [5.41, 5.74) is 2.74. The number of hydrogen-bond acceptors (Lipinski definition) is 2. The van der Waals surface area contributed by atoms with Gasteiger partial charge in [0.25, 0.3) is 0 Å². The van der Waals surface area contributed by atoms with E-state index in [9.17, 15) is 0 Å². The molecule has 0 spiro atoms. The van der Waals surface area contributed by atoms with Gasteiger partial charge in [-0.05, 0) is 0 Å². The molecule has 1 N–H and O–H groups in total. The van der Waals surface area contributed by atoms with E-state index in [4.69, 9.17) is 0 Å². The van der Waals surface area contributed by atoms with Crippen molar-refractivity contribution in [2.75, 3.05) is 6.54 Å². The predicted octanol–water partition coefficient (Wildman–Crippen LogP) is 0.216. The van der Waals surface area contributed by atoms with Gasteiger partial charge in [0, 0.05) is 0 Å². The quantitative estimate of drug-likeness (QED) is 0.488. The highest BCUT2D eigenvalue weighted by molar-refractivity contribution is 9.10. The molecule has 1 rings (SSSR count). The van der Waals surface area contributed by atoms with Gasteiger partial charge >= 0.3 is 0 Å². The van der Waals surface area contributed by atoms with Crippen LogP contribution in [0.15, 0.2) is 5.10 Å². The topological polar surface area (TPSA) is 24.4 Å². The van der Waals surface area contributed by atoms with Crippen molar-refractivity contribution in [3.8, 4) is 0 Å². The molecule has 2 nitrogen and oxygen atoms in total. The lowest BCUT2D eigenvalue weighted by Crippen LogP contribution is -2.07. The maximum atomic E-state index is 3.62. The summed E-state index contributed by atoms with van der Waals surface area (Å²) < 4.78 is 0. The molecule has 3 heteroatoms. The van der Waals surface area contributed by atoms with E-state index < -0.39 is 0 Å². The molecule has 0 saturated carbocycles. The van der Waals surface area contributed by atoms with Gasteiger partial charge < -0.3 is 5.43 Å². The minimum absolute atomic E-state index is 0.331.